The second kappa shape index (κ2) is 8.91. The fourth-order valence-corrected chi connectivity index (χ4v) is 4.79. The van der Waals surface area contributed by atoms with E-state index in [9.17, 15) is 9.90 Å². The van der Waals surface area contributed by atoms with Gasteiger partial charge in [-0.2, -0.15) is 5.26 Å². The lowest BCUT2D eigenvalue weighted by atomic mass is 9.75. The molecule has 0 spiro atoms. The number of carboxylic acid groups (broad SMARTS) is 1. The van der Waals surface area contributed by atoms with E-state index >= 15 is 0 Å². The summed E-state index contributed by atoms with van der Waals surface area (Å²) >= 11 is 0. The molecule has 8 heteroatoms. The van der Waals surface area contributed by atoms with Gasteiger partial charge in [-0.05, 0) is 62.9 Å². The number of nitrogens with one attached hydrogen (secondary N) is 1. The molecule has 1 saturated carbocycles. The summed E-state index contributed by atoms with van der Waals surface area (Å²) in [6, 6.07) is 15.6. The lowest BCUT2D eigenvalue weighted by molar-refractivity contribution is -0.150. The highest BCUT2D eigenvalue weighted by Gasteiger charge is 2.38. The van der Waals surface area contributed by atoms with Gasteiger partial charge in [-0.1, -0.05) is 6.07 Å². The summed E-state index contributed by atoms with van der Waals surface area (Å²) in [6.07, 6.45) is 6.16. The highest BCUT2D eigenvalue weighted by molar-refractivity contribution is 5.78. The molecule has 2 aliphatic rings. The maximum Gasteiger partial charge on any atom is 0.309 e. The summed E-state index contributed by atoms with van der Waals surface area (Å²) in [7, 11) is 2.01. The molecule has 2 N–H and O–H groups in total. The summed E-state index contributed by atoms with van der Waals surface area (Å²) < 4.78 is 6.01. The van der Waals surface area contributed by atoms with Crippen LogP contribution in [0.5, 0.6) is 5.88 Å². The second-order valence-electron chi connectivity index (χ2n) is 9.55. The van der Waals surface area contributed by atoms with E-state index in [-0.39, 0.29) is 12.3 Å². The van der Waals surface area contributed by atoms with Gasteiger partial charge in [0.15, 0.2) is 0 Å². The number of pyridine rings is 2. The zero-order valence-corrected chi connectivity index (χ0v) is 19.7. The standard InChI is InChI=1S/C27H27N5O3/c1-27(26(33)34)11-9-20(10-12-27)35-24-8-5-18(15-30-24)21-6-4-19(16-29-21)25-31-22-13-17(14-28)3-7-23(22)32(25)2/h3-8,13,15-16,20,25,31H,9-12H2,1-2H3,(H,33,34)/t20-,25?,27-. The molecule has 35 heavy (non-hydrogen) atoms. The minimum Gasteiger partial charge on any atom is -0.481 e. The minimum atomic E-state index is -0.732. The third-order valence-corrected chi connectivity index (χ3v) is 7.16. The number of nitrogens with zero attached hydrogens (tertiary/aromatic N) is 4. The highest BCUT2D eigenvalue weighted by atomic mass is 16.5. The predicted molar refractivity (Wildman–Crippen MR) is 132 cm³/mol. The van der Waals surface area contributed by atoms with Crippen LogP contribution in [0.2, 0.25) is 0 Å². The summed E-state index contributed by atoms with van der Waals surface area (Å²) in [6.45, 7) is 1.81. The maximum absolute atomic E-state index is 11.4. The molecule has 5 rings (SSSR count). The summed E-state index contributed by atoms with van der Waals surface area (Å²) in [5, 5.41) is 22.0. The van der Waals surface area contributed by atoms with Crippen LogP contribution in [-0.2, 0) is 4.79 Å². The molecule has 3 heterocycles. The van der Waals surface area contributed by atoms with E-state index in [4.69, 9.17) is 10.00 Å². The topological polar surface area (TPSA) is 111 Å². The summed E-state index contributed by atoms with van der Waals surface area (Å²) in [5.41, 5.74) is 4.67. The molecular weight excluding hydrogens is 442 g/mol. The predicted octanol–water partition coefficient (Wildman–Crippen LogP) is 4.99. The molecule has 8 nitrogen and oxygen atoms in total. The second-order valence-corrected chi connectivity index (χ2v) is 9.55. The number of carboxylic acids is 1. The minimum absolute atomic E-state index is 0.0116. The molecule has 1 aliphatic carbocycles. The molecule has 0 saturated heterocycles. The van der Waals surface area contributed by atoms with E-state index < -0.39 is 11.4 Å². The first-order valence-electron chi connectivity index (χ1n) is 11.7. The number of anilines is 2. The lowest BCUT2D eigenvalue weighted by Crippen LogP contribution is -2.36. The number of benzene rings is 1. The van der Waals surface area contributed by atoms with Crippen molar-refractivity contribution in [2.24, 2.45) is 5.41 Å². The lowest BCUT2D eigenvalue weighted by Gasteiger charge is -2.33. The molecule has 0 amide bonds. The van der Waals surface area contributed by atoms with Crippen molar-refractivity contribution in [1.82, 2.24) is 9.97 Å². The number of aromatic nitrogens is 2. The van der Waals surface area contributed by atoms with Crippen molar-refractivity contribution >= 4 is 17.3 Å². The third kappa shape index (κ3) is 4.37. The average molecular weight is 470 g/mol. The van der Waals surface area contributed by atoms with Crippen molar-refractivity contribution in [2.75, 3.05) is 17.3 Å². The van der Waals surface area contributed by atoms with Crippen molar-refractivity contribution in [3.8, 4) is 23.2 Å². The van der Waals surface area contributed by atoms with Gasteiger partial charge in [-0.25, -0.2) is 4.98 Å². The number of carbonyl (C=O) groups is 1. The van der Waals surface area contributed by atoms with E-state index in [1.807, 2.05) is 55.7 Å². The Bertz CT molecular complexity index is 1280. The van der Waals surface area contributed by atoms with Crippen LogP contribution in [-0.4, -0.2) is 34.2 Å². The molecule has 2 aromatic heterocycles. The van der Waals surface area contributed by atoms with Crippen LogP contribution in [0.4, 0.5) is 11.4 Å². The Labute approximate surface area is 204 Å². The Hall–Kier alpha value is -4.12. The van der Waals surface area contributed by atoms with Gasteiger partial charge in [0.25, 0.3) is 0 Å². The van der Waals surface area contributed by atoms with Gasteiger partial charge < -0.3 is 20.1 Å². The number of rotatable bonds is 5. The Morgan fingerprint density at radius 1 is 1.17 bits per heavy atom. The number of aliphatic carboxylic acids is 1. The van der Waals surface area contributed by atoms with Gasteiger partial charge in [0.1, 0.15) is 12.3 Å². The van der Waals surface area contributed by atoms with Crippen LogP contribution in [0, 0.1) is 16.7 Å². The first-order valence-corrected chi connectivity index (χ1v) is 11.7. The van der Waals surface area contributed by atoms with Gasteiger partial charge in [0.2, 0.25) is 5.88 Å². The number of hydrogen-bond acceptors (Lipinski definition) is 7. The van der Waals surface area contributed by atoms with Gasteiger partial charge in [-0.15, -0.1) is 0 Å². The SMILES string of the molecule is CN1c2ccc(C#N)cc2NC1c1ccc(-c2ccc(O[C@H]3CC[C@](C)(C(=O)O)CC3)nc2)nc1. The van der Waals surface area contributed by atoms with Crippen molar-refractivity contribution in [1.29, 1.82) is 5.26 Å². The molecule has 0 radical (unpaired) electrons. The fraction of sp³-hybridized carbons (Fsp3) is 0.333. The molecule has 1 aliphatic heterocycles. The van der Waals surface area contributed by atoms with Crippen molar-refractivity contribution < 1.29 is 14.6 Å². The number of fused-ring (bicyclic) bond motifs is 1. The van der Waals surface area contributed by atoms with Gasteiger partial charge in [-0.3, -0.25) is 9.78 Å². The number of hydrogen-bond donors (Lipinski definition) is 2. The van der Waals surface area contributed by atoms with Crippen LogP contribution in [0.3, 0.4) is 0 Å². The smallest absolute Gasteiger partial charge is 0.309 e. The zero-order chi connectivity index (χ0) is 24.6. The van der Waals surface area contributed by atoms with Gasteiger partial charge in [0, 0.05) is 36.6 Å². The molecule has 1 fully saturated rings. The molecular formula is C27H27N5O3. The normalized spacial score (nSPS) is 23.2. The van der Waals surface area contributed by atoms with E-state index in [0.717, 1.165) is 28.2 Å². The van der Waals surface area contributed by atoms with Gasteiger partial charge in [0.05, 0.1) is 34.1 Å². The summed E-state index contributed by atoms with van der Waals surface area (Å²) in [4.78, 5) is 22.7. The van der Waals surface area contributed by atoms with Crippen LogP contribution >= 0.6 is 0 Å². The molecule has 0 bridgehead atoms. The first-order chi connectivity index (χ1) is 16.9. The molecule has 1 unspecified atom stereocenters. The average Bonchev–Trinajstić information content (AvgIpc) is 3.21. The van der Waals surface area contributed by atoms with Crippen LogP contribution in [0.1, 0.15) is 49.9 Å². The fourth-order valence-electron chi connectivity index (χ4n) is 4.79. The molecule has 178 valence electrons. The molecule has 1 aromatic carbocycles. The molecule has 3 aromatic rings. The number of ether oxygens (including phenoxy) is 1. The number of nitriles is 1. The van der Waals surface area contributed by atoms with Crippen molar-refractivity contribution in [2.45, 2.75) is 44.9 Å². The van der Waals surface area contributed by atoms with Gasteiger partial charge >= 0.3 is 5.97 Å². The van der Waals surface area contributed by atoms with E-state index in [1.165, 1.54) is 0 Å². The summed E-state index contributed by atoms with van der Waals surface area (Å²) in [5.74, 6) is -0.189. The Morgan fingerprint density at radius 2 is 1.97 bits per heavy atom. The Kier molecular flexibility index (Phi) is 5.77. The largest absolute Gasteiger partial charge is 0.481 e. The van der Waals surface area contributed by atoms with Crippen LogP contribution < -0.4 is 15.0 Å². The van der Waals surface area contributed by atoms with E-state index in [1.54, 1.807) is 13.1 Å². The maximum atomic E-state index is 11.4. The van der Waals surface area contributed by atoms with Crippen molar-refractivity contribution in [3.05, 3.63) is 66.0 Å². The van der Waals surface area contributed by atoms with E-state index in [0.29, 0.717) is 37.1 Å². The first kappa shape index (κ1) is 22.7. The Balaban J connectivity index is 1.23. The Morgan fingerprint density at radius 3 is 2.60 bits per heavy atom. The van der Waals surface area contributed by atoms with Crippen LogP contribution in [0.25, 0.3) is 11.3 Å². The van der Waals surface area contributed by atoms with Crippen molar-refractivity contribution in [3.63, 3.8) is 0 Å². The quantitative estimate of drug-likeness (QED) is 0.538. The highest BCUT2D eigenvalue weighted by Crippen LogP contribution is 2.40. The zero-order valence-electron chi connectivity index (χ0n) is 19.7. The van der Waals surface area contributed by atoms with E-state index in [2.05, 4.69) is 26.3 Å². The third-order valence-electron chi connectivity index (χ3n) is 7.16. The van der Waals surface area contributed by atoms with Crippen LogP contribution in [0.15, 0.2) is 54.9 Å². The molecule has 1 atom stereocenters. The monoisotopic (exact) mass is 469 g/mol.